The van der Waals surface area contributed by atoms with E-state index in [1.54, 1.807) is 18.4 Å². The highest BCUT2D eigenvalue weighted by Crippen LogP contribution is 2.42. The predicted molar refractivity (Wildman–Crippen MR) is 94.1 cm³/mol. The molecule has 2 aromatic rings. The van der Waals surface area contributed by atoms with Gasteiger partial charge in [-0.15, -0.1) is 11.3 Å². The van der Waals surface area contributed by atoms with Crippen LogP contribution in [0, 0.1) is 6.92 Å². The fourth-order valence-electron chi connectivity index (χ4n) is 3.79. The van der Waals surface area contributed by atoms with Crippen LogP contribution in [-0.4, -0.2) is 19.6 Å². The standard InChI is InChI=1S/C19H21NO2S/c1-12-8-9-15-13(11-12)5-4-10-20(15)19(21)18-17(22-2)14-6-3-7-16(14)23-18/h8-9,11H,3-7,10H2,1-2H3. The van der Waals surface area contributed by atoms with Crippen LogP contribution in [0.4, 0.5) is 5.69 Å². The smallest absolute Gasteiger partial charge is 0.272 e. The molecular formula is C19H21NO2S. The first-order chi connectivity index (χ1) is 11.2. The number of thiophene rings is 1. The number of aryl methyl sites for hydroxylation is 3. The molecule has 4 rings (SSSR count). The number of benzene rings is 1. The minimum Gasteiger partial charge on any atom is -0.495 e. The van der Waals surface area contributed by atoms with Gasteiger partial charge in [0.05, 0.1) is 7.11 Å². The lowest BCUT2D eigenvalue weighted by Crippen LogP contribution is -2.35. The maximum atomic E-state index is 13.2. The van der Waals surface area contributed by atoms with Gasteiger partial charge in [0.15, 0.2) is 0 Å². The fraction of sp³-hybridized carbons (Fsp3) is 0.421. The molecule has 4 heteroatoms. The van der Waals surface area contributed by atoms with E-state index in [4.69, 9.17) is 4.74 Å². The number of nitrogens with zero attached hydrogens (tertiary/aromatic N) is 1. The highest BCUT2D eigenvalue weighted by Gasteiger charge is 2.31. The molecule has 0 fully saturated rings. The Kier molecular flexibility index (Phi) is 3.64. The molecule has 2 aliphatic rings. The number of hydrogen-bond donors (Lipinski definition) is 0. The Morgan fingerprint density at radius 3 is 2.91 bits per heavy atom. The summed E-state index contributed by atoms with van der Waals surface area (Å²) in [7, 11) is 1.69. The monoisotopic (exact) mass is 327 g/mol. The minimum absolute atomic E-state index is 0.103. The Balaban J connectivity index is 1.74. The summed E-state index contributed by atoms with van der Waals surface area (Å²) < 4.78 is 5.61. The van der Waals surface area contributed by atoms with Crippen molar-refractivity contribution in [3.05, 3.63) is 44.6 Å². The zero-order valence-corrected chi connectivity index (χ0v) is 14.5. The number of hydrogen-bond acceptors (Lipinski definition) is 3. The van der Waals surface area contributed by atoms with E-state index in [2.05, 4.69) is 25.1 Å². The summed E-state index contributed by atoms with van der Waals surface area (Å²) >= 11 is 1.64. The molecular weight excluding hydrogens is 306 g/mol. The summed E-state index contributed by atoms with van der Waals surface area (Å²) in [5.41, 5.74) is 4.88. The average molecular weight is 327 g/mol. The third-order valence-corrected chi connectivity index (χ3v) is 6.13. The molecule has 0 bridgehead atoms. The van der Waals surface area contributed by atoms with Crippen molar-refractivity contribution in [3.63, 3.8) is 0 Å². The van der Waals surface area contributed by atoms with Crippen molar-refractivity contribution in [2.24, 2.45) is 0 Å². The number of ether oxygens (including phenoxy) is 1. The van der Waals surface area contributed by atoms with E-state index in [-0.39, 0.29) is 5.91 Å². The van der Waals surface area contributed by atoms with Gasteiger partial charge in [-0.05, 0) is 50.7 Å². The molecule has 0 spiro atoms. The second kappa shape index (κ2) is 5.68. The number of carbonyl (C=O) groups is 1. The molecule has 1 amide bonds. The van der Waals surface area contributed by atoms with Gasteiger partial charge >= 0.3 is 0 Å². The van der Waals surface area contributed by atoms with Crippen LogP contribution >= 0.6 is 11.3 Å². The molecule has 1 aromatic heterocycles. The average Bonchev–Trinajstić information content (AvgIpc) is 3.13. The SMILES string of the molecule is COc1c(C(=O)N2CCCc3cc(C)ccc32)sc2c1CCC2. The number of methoxy groups -OCH3 is 1. The zero-order chi connectivity index (χ0) is 16.0. The first kappa shape index (κ1) is 14.8. The second-order valence-electron chi connectivity index (χ2n) is 6.41. The first-order valence-electron chi connectivity index (χ1n) is 8.29. The molecule has 1 aliphatic heterocycles. The van der Waals surface area contributed by atoms with Gasteiger partial charge in [-0.3, -0.25) is 4.79 Å². The van der Waals surface area contributed by atoms with E-state index in [9.17, 15) is 4.79 Å². The van der Waals surface area contributed by atoms with E-state index in [0.29, 0.717) is 0 Å². The van der Waals surface area contributed by atoms with Gasteiger partial charge in [-0.2, -0.15) is 0 Å². The van der Waals surface area contributed by atoms with Gasteiger partial charge < -0.3 is 9.64 Å². The second-order valence-corrected chi connectivity index (χ2v) is 7.52. The van der Waals surface area contributed by atoms with Gasteiger partial charge in [0.1, 0.15) is 10.6 Å². The molecule has 1 aliphatic carbocycles. The number of carbonyl (C=O) groups excluding carboxylic acids is 1. The molecule has 0 atom stereocenters. The van der Waals surface area contributed by atoms with E-state index >= 15 is 0 Å². The van der Waals surface area contributed by atoms with E-state index in [0.717, 1.165) is 48.5 Å². The molecule has 1 aromatic carbocycles. The molecule has 23 heavy (non-hydrogen) atoms. The summed E-state index contributed by atoms with van der Waals surface area (Å²) in [5.74, 6) is 0.929. The highest BCUT2D eigenvalue weighted by molar-refractivity contribution is 7.14. The summed E-state index contributed by atoms with van der Waals surface area (Å²) in [6.45, 7) is 2.90. The van der Waals surface area contributed by atoms with Crippen molar-refractivity contribution in [2.45, 2.75) is 39.0 Å². The van der Waals surface area contributed by atoms with Crippen LogP contribution in [-0.2, 0) is 19.3 Å². The number of fused-ring (bicyclic) bond motifs is 2. The molecule has 3 nitrogen and oxygen atoms in total. The zero-order valence-electron chi connectivity index (χ0n) is 13.6. The van der Waals surface area contributed by atoms with E-state index < -0.39 is 0 Å². The molecule has 2 heterocycles. The summed E-state index contributed by atoms with van der Waals surface area (Å²) in [4.78, 5) is 17.3. The quantitative estimate of drug-likeness (QED) is 0.829. The normalized spacial score (nSPS) is 16.2. The molecule has 0 unspecified atom stereocenters. The number of rotatable bonds is 2. The fourth-order valence-corrected chi connectivity index (χ4v) is 5.10. The predicted octanol–water partition coefficient (Wildman–Crippen LogP) is 4.15. The number of amides is 1. The topological polar surface area (TPSA) is 29.5 Å². The Labute approximate surface area is 140 Å². The molecule has 0 N–H and O–H groups in total. The molecule has 0 saturated heterocycles. The van der Waals surface area contributed by atoms with Crippen molar-refractivity contribution in [1.82, 2.24) is 0 Å². The van der Waals surface area contributed by atoms with Crippen molar-refractivity contribution in [2.75, 3.05) is 18.6 Å². The maximum Gasteiger partial charge on any atom is 0.272 e. The van der Waals surface area contributed by atoms with Crippen molar-refractivity contribution < 1.29 is 9.53 Å². The van der Waals surface area contributed by atoms with Crippen LogP contribution in [0.25, 0.3) is 0 Å². The van der Waals surface area contributed by atoms with Crippen molar-refractivity contribution >= 4 is 22.9 Å². The van der Waals surface area contributed by atoms with Crippen LogP contribution in [0.3, 0.4) is 0 Å². The van der Waals surface area contributed by atoms with Crippen LogP contribution in [0.1, 0.15) is 44.1 Å². The first-order valence-corrected chi connectivity index (χ1v) is 9.10. The Hall–Kier alpha value is -1.81. The van der Waals surface area contributed by atoms with Crippen LogP contribution in [0.2, 0.25) is 0 Å². The van der Waals surface area contributed by atoms with Crippen LogP contribution in [0.5, 0.6) is 5.75 Å². The Bertz CT molecular complexity index is 778. The summed E-state index contributed by atoms with van der Waals surface area (Å²) in [6.07, 6.45) is 5.38. The lowest BCUT2D eigenvalue weighted by molar-refractivity contribution is 0.0986. The van der Waals surface area contributed by atoms with Gasteiger partial charge in [0.25, 0.3) is 5.91 Å². The van der Waals surface area contributed by atoms with E-state index in [1.165, 1.54) is 28.0 Å². The van der Waals surface area contributed by atoms with E-state index in [1.807, 2.05) is 4.90 Å². The van der Waals surface area contributed by atoms with Crippen molar-refractivity contribution in [1.29, 1.82) is 0 Å². The lowest BCUT2D eigenvalue weighted by Gasteiger charge is -2.29. The van der Waals surface area contributed by atoms with Crippen LogP contribution < -0.4 is 9.64 Å². The number of anilines is 1. The van der Waals surface area contributed by atoms with Gasteiger partial charge in [-0.25, -0.2) is 0 Å². The summed E-state index contributed by atoms with van der Waals surface area (Å²) in [6, 6.07) is 6.39. The third-order valence-electron chi connectivity index (χ3n) is 4.87. The third kappa shape index (κ3) is 2.36. The highest BCUT2D eigenvalue weighted by atomic mass is 32.1. The molecule has 0 radical (unpaired) electrons. The van der Waals surface area contributed by atoms with Gasteiger partial charge in [-0.1, -0.05) is 17.7 Å². The largest absolute Gasteiger partial charge is 0.495 e. The Morgan fingerprint density at radius 2 is 2.09 bits per heavy atom. The molecule has 120 valence electrons. The minimum atomic E-state index is 0.103. The van der Waals surface area contributed by atoms with Gasteiger partial charge in [0.2, 0.25) is 0 Å². The lowest BCUT2D eigenvalue weighted by atomic mass is 9.99. The van der Waals surface area contributed by atoms with Crippen LogP contribution in [0.15, 0.2) is 18.2 Å². The van der Waals surface area contributed by atoms with Gasteiger partial charge in [0, 0.05) is 22.7 Å². The maximum absolute atomic E-state index is 13.2. The summed E-state index contributed by atoms with van der Waals surface area (Å²) in [5, 5.41) is 0. The molecule has 0 saturated carbocycles. The Morgan fingerprint density at radius 1 is 1.22 bits per heavy atom. The van der Waals surface area contributed by atoms with Crippen molar-refractivity contribution in [3.8, 4) is 5.75 Å².